The van der Waals surface area contributed by atoms with E-state index in [0.717, 1.165) is 6.07 Å². The van der Waals surface area contributed by atoms with Crippen LogP contribution in [0.5, 0.6) is 5.75 Å². The second kappa shape index (κ2) is 8.02. The maximum absolute atomic E-state index is 12.9. The molecule has 0 bridgehead atoms. The first kappa shape index (κ1) is 22.1. The van der Waals surface area contributed by atoms with Crippen LogP contribution in [0.25, 0.3) is 0 Å². The van der Waals surface area contributed by atoms with E-state index < -0.39 is 40.8 Å². The third-order valence-corrected chi connectivity index (χ3v) is 3.73. The van der Waals surface area contributed by atoms with Crippen molar-refractivity contribution >= 4 is 17.3 Å². The number of rotatable bonds is 4. The van der Waals surface area contributed by atoms with Crippen LogP contribution >= 0.6 is 0 Å². The summed E-state index contributed by atoms with van der Waals surface area (Å²) >= 11 is 0. The molecule has 0 saturated carbocycles. The largest absolute Gasteiger partial charge is 0.507 e. The molecule has 0 heterocycles. The Hall–Kier alpha value is -3.24. The van der Waals surface area contributed by atoms with Crippen molar-refractivity contribution in [1.82, 2.24) is 0 Å². The van der Waals surface area contributed by atoms with Crippen LogP contribution in [0.3, 0.4) is 0 Å². The monoisotopic (exact) mass is 420 g/mol. The number of carbonyl (C=O) groups is 1. The summed E-state index contributed by atoms with van der Waals surface area (Å²) in [5.41, 5.74) is -3.61. The molecule has 2 aromatic carbocycles. The van der Waals surface area contributed by atoms with E-state index in [1.54, 1.807) is 0 Å². The van der Waals surface area contributed by atoms with Crippen molar-refractivity contribution < 1.29 is 41.1 Å². The molecular weight excluding hydrogens is 406 g/mol. The minimum absolute atomic E-state index is 0.0572. The van der Waals surface area contributed by atoms with Crippen molar-refractivity contribution in [3.8, 4) is 5.75 Å². The molecule has 0 fully saturated rings. The molecule has 11 heteroatoms. The van der Waals surface area contributed by atoms with Crippen LogP contribution in [-0.4, -0.2) is 23.8 Å². The van der Waals surface area contributed by atoms with Crippen molar-refractivity contribution in [2.24, 2.45) is 5.16 Å². The summed E-state index contributed by atoms with van der Waals surface area (Å²) in [4.78, 5) is 17.0. The number of anilines is 1. The van der Waals surface area contributed by atoms with E-state index in [9.17, 15) is 36.2 Å². The maximum Gasteiger partial charge on any atom is 0.416 e. The van der Waals surface area contributed by atoms with Crippen molar-refractivity contribution in [3.05, 3.63) is 58.7 Å². The molecule has 2 aromatic rings. The maximum atomic E-state index is 12.9. The van der Waals surface area contributed by atoms with Gasteiger partial charge in [0, 0.05) is 11.3 Å². The van der Waals surface area contributed by atoms with Gasteiger partial charge < -0.3 is 15.3 Å². The highest BCUT2D eigenvalue weighted by atomic mass is 19.4. The van der Waals surface area contributed by atoms with Crippen LogP contribution in [0.2, 0.25) is 0 Å². The summed E-state index contributed by atoms with van der Waals surface area (Å²) < 4.78 is 77.6. The summed E-state index contributed by atoms with van der Waals surface area (Å²) in [5, 5.41) is 15.5. The molecule has 156 valence electrons. The molecular formula is C18H14F6N2O3. The minimum atomic E-state index is -5.06. The number of nitrogens with one attached hydrogen (secondary N) is 1. The molecule has 2 rings (SSSR count). The molecule has 0 unspecified atom stereocenters. The van der Waals surface area contributed by atoms with Crippen LogP contribution in [0, 0.1) is 0 Å². The normalized spacial score (nSPS) is 12.6. The molecule has 0 atom stereocenters. The van der Waals surface area contributed by atoms with Crippen molar-refractivity contribution in [2.45, 2.75) is 19.3 Å². The van der Waals surface area contributed by atoms with Gasteiger partial charge in [-0.15, -0.1) is 0 Å². The molecule has 0 aromatic heterocycles. The van der Waals surface area contributed by atoms with Crippen LogP contribution in [0.15, 0.2) is 41.6 Å². The lowest BCUT2D eigenvalue weighted by atomic mass is 10.0. The Balaban J connectivity index is 2.45. The van der Waals surface area contributed by atoms with Gasteiger partial charge in [-0.1, -0.05) is 5.16 Å². The van der Waals surface area contributed by atoms with Gasteiger partial charge in [0.1, 0.15) is 12.9 Å². The number of halogens is 6. The fraction of sp³-hybridized carbons (Fsp3) is 0.222. The van der Waals surface area contributed by atoms with E-state index in [0.29, 0.717) is 23.4 Å². The number of carbonyl (C=O) groups excluding carboxylic acids is 1. The molecule has 29 heavy (non-hydrogen) atoms. The number of oxime groups is 1. The first-order chi connectivity index (χ1) is 13.3. The summed E-state index contributed by atoms with van der Waals surface area (Å²) in [5.74, 6) is -1.64. The summed E-state index contributed by atoms with van der Waals surface area (Å²) in [6.07, 6.45) is -10.1. The number of benzene rings is 2. The molecule has 0 aliphatic rings. The quantitative estimate of drug-likeness (QED) is 0.413. The van der Waals surface area contributed by atoms with Gasteiger partial charge in [-0.2, -0.15) is 26.3 Å². The van der Waals surface area contributed by atoms with Crippen molar-refractivity contribution in [2.75, 3.05) is 12.4 Å². The minimum Gasteiger partial charge on any atom is -0.507 e. The summed E-state index contributed by atoms with van der Waals surface area (Å²) in [6.45, 7) is 1.53. The van der Waals surface area contributed by atoms with Gasteiger partial charge in [0.25, 0.3) is 5.91 Å². The first-order valence-electron chi connectivity index (χ1n) is 7.85. The number of nitrogens with zero attached hydrogens (tertiary/aromatic N) is 1. The standard InChI is InChI=1S/C18H14F6N2O3/c1-9(26-29-2)10-3-4-15(27)14(5-10)16(28)25-13-7-11(17(19,20)21)6-12(8-13)18(22,23)24/h3-8,27H,1-2H3,(H,25,28). The third-order valence-electron chi connectivity index (χ3n) is 3.73. The SMILES string of the molecule is CON=C(C)c1ccc(O)c(C(=O)Nc2cc(C(F)(F)F)cc(C(F)(F)F)c2)c1. The average molecular weight is 420 g/mol. The zero-order valence-corrected chi connectivity index (χ0v) is 14.9. The highest BCUT2D eigenvalue weighted by Gasteiger charge is 2.37. The average Bonchev–Trinajstić information content (AvgIpc) is 2.60. The molecule has 0 aliphatic heterocycles. The second-order valence-electron chi connectivity index (χ2n) is 5.84. The van der Waals surface area contributed by atoms with Crippen LogP contribution < -0.4 is 5.32 Å². The number of hydrogen-bond acceptors (Lipinski definition) is 4. The Morgan fingerprint density at radius 1 is 1.00 bits per heavy atom. The lowest BCUT2D eigenvalue weighted by Crippen LogP contribution is -2.16. The Kier molecular flexibility index (Phi) is 6.10. The molecule has 0 saturated heterocycles. The molecule has 0 aliphatic carbocycles. The number of aromatic hydroxyl groups is 1. The second-order valence-corrected chi connectivity index (χ2v) is 5.84. The fourth-order valence-electron chi connectivity index (χ4n) is 2.36. The van der Waals surface area contributed by atoms with E-state index in [-0.39, 0.29) is 11.6 Å². The molecule has 1 amide bonds. The Morgan fingerprint density at radius 2 is 1.55 bits per heavy atom. The first-order valence-corrected chi connectivity index (χ1v) is 7.85. The molecule has 0 spiro atoms. The lowest BCUT2D eigenvalue weighted by Gasteiger charge is -2.15. The van der Waals surface area contributed by atoms with Crippen molar-refractivity contribution in [1.29, 1.82) is 0 Å². The van der Waals surface area contributed by atoms with E-state index in [1.165, 1.54) is 26.2 Å². The van der Waals surface area contributed by atoms with E-state index >= 15 is 0 Å². The number of amides is 1. The number of phenols is 1. The van der Waals surface area contributed by atoms with Crippen LogP contribution in [-0.2, 0) is 17.2 Å². The topological polar surface area (TPSA) is 70.9 Å². The smallest absolute Gasteiger partial charge is 0.416 e. The predicted octanol–water partition coefficient (Wildman–Crippen LogP) is 5.05. The van der Waals surface area contributed by atoms with E-state index in [1.807, 2.05) is 5.32 Å². The number of alkyl halides is 6. The van der Waals surface area contributed by atoms with Gasteiger partial charge in [-0.25, -0.2) is 0 Å². The Morgan fingerprint density at radius 3 is 2.03 bits per heavy atom. The number of phenolic OH excluding ortho intramolecular Hbond substituents is 1. The lowest BCUT2D eigenvalue weighted by molar-refractivity contribution is -0.143. The zero-order valence-electron chi connectivity index (χ0n) is 14.9. The van der Waals surface area contributed by atoms with Gasteiger partial charge >= 0.3 is 12.4 Å². The van der Waals surface area contributed by atoms with Gasteiger partial charge in [-0.05, 0) is 43.3 Å². The van der Waals surface area contributed by atoms with E-state index in [4.69, 9.17) is 0 Å². The molecule has 2 N–H and O–H groups in total. The van der Waals surface area contributed by atoms with Gasteiger partial charge in [0.05, 0.1) is 22.4 Å². The summed E-state index contributed by atoms with van der Waals surface area (Å²) in [7, 11) is 1.28. The highest BCUT2D eigenvalue weighted by Crippen LogP contribution is 2.37. The molecule has 0 radical (unpaired) electrons. The van der Waals surface area contributed by atoms with Gasteiger partial charge in [-0.3, -0.25) is 4.79 Å². The van der Waals surface area contributed by atoms with Crippen LogP contribution in [0.1, 0.15) is 34.0 Å². The van der Waals surface area contributed by atoms with Crippen LogP contribution in [0.4, 0.5) is 32.0 Å². The third kappa shape index (κ3) is 5.39. The fourth-order valence-corrected chi connectivity index (χ4v) is 2.36. The Labute approximate surface area is 160 Å². The predicted molar refractivity (Wildman–Crippen MR) is 91.7 cm³/mol. The molecule has 5 nitrogen and oxygen atoms in total. The van der Waals surface area contributed by atoms with Crippen molar-refractivity contribution in [3.63, 3.8) is 0 Å². The van der Waals surface area contributed by atoms with E-state index in [2.05, 4.69) is 9.99 Å². The van der Waals surface area contributed by atoms with Gasteiger partial charge in [0.2, 0.25) is 0 Å². The zero-order chi connectivity index (χ0) is 22.0. The van der Waals surface area contributed by atoms with Gasteiger partial charge in [0.15, 0.2) is 0 Å². The number of hydrogen-bond donors (Lipinski definition) is 2. The summed E-state index contributed by atoms with van der Waals surface area (Å²) in [6, 6.07) is 4.37. The highest BCUT2D eigenvalue weighted by molar-refractivity contribution is 6.08. The Bertz CT molecular complexity index is 919.